The number of carbonyl (C=O) groups is 2. The first kappa shape index (κ1) is 21.0. The molecule has 0 saturated heterocycles. The number of rotatable bonds is 5. The molecule has 0 radical (unpaired) electrons. The highest BCUT2D eigenvalue weighted by Gasteiger charge is 2.17. The number of ether oxygens (including phenoxy) is 2. The van der Waals surface area contributed by atoms with Crippen LogP contribution in [0.2, 0.25) is 0 Å². The van der Waals surface area contributed by atoms with E-state index in [1.165, 1.54) is 13.3 Å². The molecule has 0 aliphatic rings. The van der Waals surface area contributed by atoms with Crippen LogP contribution in [0.15, 0.2) is 47.0 Å². The fourth-order valence-corrected chi connectivity index (χ4v) is 2.50. The molecule has 3 rings (SSSR count). The summed E-state index contributed by atoms with van der Waals surface area (Å²) in [6.07, 6.45) is 1.36. The van der Waals surface area contributed by atoms with Crippen molar-refractivity contribution in [3.8, 4) is 11.5 Å². The Kier molecular flexibility index (Phi) is 6.10. The molecular formula is C21H22N4O5. The number of methoxy groups -OCH3 is 1. The third-order valence-electron chi connectivity index (χ3n) is 3.84. The smallest absolute Gasteiger partial charge is 0.413 e. The molecule has 0 bridgehead atoms. The van der Waals surface area contributed by atoms with E-state index in [9.17, 15) is 9.59 Å². The van der Waals surface area contributed by atoms with E-state index >= 15 is 0 Å². The summed E-state index contributed by atoms with van der Waals surface area (Å²) in [5.74, 6) is 0.691. The molecule has 2 aromatic heterocycles. The molecule has 156 valence electrons. The minimum absolute atomic E-state index is 0.312. The summed E-state index contributed by atoms with van der Waals surface area (Å²) in [4.78, 5) is 27.5. The van der Waals surface area contributed by atoms with Gasteiger partial charge in [0, 0.05) is 6.20 Å². The lowest BCUT2D eigenvalue weighted by molar-refractivity contribution is 0.0598. The molecule has 0 fully saturated rings. The summed E-state index contributed by atoms with van der Waals surface area (Å²) in [6, 6.07) is 10.3. The molecular weight excluding hydrogens is 388 g/mol. The second kappa shape index (κ2) is 8.73. The summed E-state index contributed by atoms with van der Waals surface area (Å²) in [7, 11) is 1.34. The van der Waals surface area contributed by atoms with Crippen LogP contribution in [0.25, 0.3) is 11.5 Å². The van der Waals surface area contributed by atoms with Crippen molar-refractivity contribution < 1.29 is 23.5 Å². The van der Waals surface area contributed by atoms with Gasteiger partial charge in [0.2, 0.25) is 11.8 Å². The molecule has 1 aromatic carbocycles. The number of nitrogens with one attached hydrogen (secondary N) is 1. The van der Waals surface area contributed by atoms with Crippen molar-refractivity contribution in [1.82, 2.24) is 15.2 Å². The van der Waals surface area contributed by atoms with Gasteiger partial charge in [0.25, 0.3) is 0 Å². The Labute approximate surface area is 173 Å². The normalized spacial score (nSPS) is 11.1. The highest BCUT2D eigenvalue weighted by Crippen LogP contribution is 2.20. The van der Waals surface area contributed by atoms with Crippen LogP contribution in [0.4, 0.5) is 10.6 Å². The van der Waals surface area contributed by atoms with Gasteiger partial charge in [0.05, 0.1) is 24.7 Å². The molecule has 9 heteroatoms. The molecule has 30 heavy (non-hydrogen) atoms. The van der Waals surface area contributed by atoms with Gasteiger partial charge >= 0.3 is 12.1 Å². The standard InChI is InChI=1S/C21H22N4O5/c1-21(2,3)30-20(27)23-16-10-9-15(12-22-16)18-25-24-17(29-18)11-13-5-7-14(8-6-13)19(26)28-4/h5-10,12H,11H2,1-4H3,(H,22,23,27). The first-order valence-electron chi connectivity index (χ1n) is 9.19. The second-order valence-electron chi connectivity index (χ2n) is 7.43. The number of pyridine rings is 1. The Morgan fingerprint density at radius 1 is 1.07 bits per heavy atom. The Balaban J connectivity index is 1.63. The maximum Gasteiger partial charge on any atom is 0.413 e. The Morgan fingerprint density at radius 2 is 1.80 bits per heavy atom. The number of aromatic nitrogens is 3. The third-order valence-corrected chi connectivity index (χ3v) is 3.84. The zero-order valence-electron chi connectivity index (χ0n) is 17.1. The number of carbonyl (C=O) groups excluding carboxylic acids is 2. The van der Waals surface area contributed by atoms with Gasteiger partial charge in [-0.1, -0.05) is 12.1 Å². The molecule has 0 atom stereocenters. The SMILES string of the molecule is COC(=O)c1ccc(Cc2nnc(-c3ccc(NC(=O)OC(C)(C)C)nc3)o2)cc1. The summed E-state index contributed by atoms with van der Waals surface area (Å²) in [5.41, 5.74) is 1.40. The van der Waals surface area contributed by atoms with Gasteiger partial charge in [0.15, 0.2) is 0 Å². The summed E-state index contributed by atoms with van der Waals surface area (Å²) < 4.78 is 15.6. The first-order chi connectivity index (χ1) is 14.2. The number of hydrogen-bond acceptors (Lipinski definition) is 8. The van der Waals surface area contributed by atoms with E-state index in [4.69, 9.17) is 9.15 Å². The van der Waals surface area contributed by atoms with Gasteiger partial charge in [0.1, 0.15) is 11.4 Å². The van der Waals surface area contributed by atoms with Crippen molar-refractivity contribution in [3.63, 3.8) is 0 Å². The molecule has 1 N–H and O–H groups in total. The lowest BCUT2D eigenvalue weighted by Crippen LogP contribution is -2.27. The molecule has 1 amide bonds. The van der Waals surface area contributed by atoms with E-state index in [-0.39, 0.29) is 0 Å². The molecule has 9 nitrogen and oxygen atoms in total. The third kappa shape index (κ3) is 5.63. The maximum absolute atomic E-state index is 11.8. The molecule has 0 saturated carbocycles. The van der Waals surface area contributed by atoms with Crippen LogP contribution < -0.4 is 5.32 Å². The predicted molar refractivity (Wildman–Crippen MR) is 108 cm³/mol. The van der Waals surface area contributed by atoms with E-state index in [1.54, 1.807) is 57.2 Å². The highest BCUT2D eigenvalue weighted by atomic mass is 16.6. The van der Waals surface area contributed by atoms with Gasteiger partial charge in [-0.05, 0) is 50.6 Å². The Hall–Kier alpha value is -3.75. The van der Waals surface area contributed by atoms with E-state index in [0.717, 1.165) is 5.56 Å². The predicted octanol–water partition coefficient (Wildman–Crippen LogP) is 3.86. The monoisotopic (exact) mass is 410 g/mol. The van der Waals surface area contributed by atoms with Crippen molar-refractivity contribution in [2.75, 3.05) is 12.4 Å². The zero-order chi connectivity index (χ0) is 21.7. The molecule has 2 heterocycles. The number of hydrogen-bond donors (Lipinski definition) is 1. The zero-order valence-corrected chi connectivity index (χ0v) is 17.1. The summed E-state index contributed by atoms with van der Waals surface area (Å²) in [6.45, 7) is 5.34. The molecule has 3 aromatic rings. The highest BCUT2D eigenvalue weighted by molar-refractivity contribution is 5.89. The number of anilines is 1. The van der Waals surface area contributed by atoms with Crippen molar-refractivity contribution in [1.29, 1.82) is 0 Å². The van der Waals surface area contributed by atoms with Gasteiger partial charge < -0.3 is 13.9 Å². The van der Waals surface area contributed by atoms with Crippen LogP contribution in [0.3, 0.4) is 0 Å². The van der Waals surface area contributed by atoms with Crippen LogP contribution in [-0.2, 0) is 15.9 Å². The van der Waals surface area contributed by atoms with E-state index in [0.29, 0.717) is 35.1 Å². The largest absolute Gasteiger partial charge is 0.465 e. The lowest BCUT2D eigenvalue weighted by Gasteiger charge is -2.19. The number of nitrogens with zero attached hydrogens (tertiary/aromatic N) is 3. The number of benzene rings is 1. The number of amides is 1. The molecule has 0 aliphatic carbocycles. The molecule has 0 aliphatic heterocycles. The van der Waals surface area contributed by atoms with Gasteiger partial charge in [-0.3, -0.25) is 5.32 Å². The van der Waals surface area contributed by atoms with Gasteiger partial charge in [-0.15, -0.1) is 10.2 Å². The Bertz CT molecular complexity index is 1020. The Morgan fingerprint density at radius 3 is 2.40 bits per heavy atom. The average molecular weight is 410 g/mol. The minimum Gasteiger partial charge on any atom is -0.465 e. The van der Waals surface area contributed by atoms with Crippen LogP contribution in [0.1, 0.15) is 42.6 Å². The van der Waals surface area contributed by atoms with Crippen molar-refractivity contribution in [2.24, 2.45) is 0 Å². The van der Waals surface area contributed by atoms with Crippen LogP contribution in [-0.4, -0.2) is 40.0 Å². The molecule has 0 spiro atoms. The van der Waals surface area contributed by atoms with E-state index in [1.807, 2.05) is 0 Å². The number of esters is 1. The topological polar surface area (TPSA) is 116 Å². The summed E-state index contributed by atoms with van der Waals surface area (Å²) in [5, 5.41) is 10.6. The fourth-order valence-electron chi connectivity index (χ4n) is 2.50. The quantitative estimate of drug-likeness (QED) is 0.630. The van der Waals surface area contributed by atoms with Crippen LogP contribution in [0.5, 0.6) is 0 Å². The maximum atomic E-state index is 11.8. The fraction of sp³-hybridized carbons (Fsp3) is 0.286. The van der Waals surface area contributed by atoms with Gasteiger partial charge in [-0.25, -0.2) is 14.6 Å². The minimum atomic E-state index is -0.593. The lowest BCUT2D eigenvalue weighted by atomic mass is 10.1. The second-order valence-corrected chi connectivity index (χ2v) is 7.43. The van der Waals surface area contributed by atoms with Crippen molar-refractivity contribution in [2.45, 2.75) is 32.8 Å². The van der Waals surface area contributed by atoms with Crippen molar-refractivity contribution >= 4 is 17.9 Å². The summed E-state index contributed by atoms with van der Waals surface area (Å²) >= 11 is 0. The van der Waals surface area contributed by atoms with Crippen LogP contribution >= 0.6 is 0 Å². The molecule has 0 unspecified atom stereocenters. The van der Waals surface area contributed by atoms with Crippen LogP contribution in [0, 0.1) is 0 Å². The van der Waals surface area contributed by atoms with E-state index < -0.39 is 17.7 Å². The average Bonchev–Trinajstić information content (AvgIpc) is 3.15. The van der Waals surface area contributed by atoms with Crippen molar-refractivity contribution in [3.05, 3.63) is 59.6 Å². The van der Waals surface area contributed by atoms with E-state index in [2.05, 4.69) is 25.2 Å². The first-order valence-corrected chi connectivity index (χ1v) is 9.19. The van der Waals surface area contributed by atoms with Gasteiger partial charge in [-0.2, -0.15) is 0 Å².